The van der Waals surface area contributed by atoms with Gasteiger partial charge in [0.05, 0.1) is 31.0 Å². The zero-order valence-electron chi connectivity index (χ0n) is 20.6. The van der Waals surface area contributed by atoms with E-state index in [-0.39, 0.29) is 17.6 Å². The van der Waals surface area contributed by atoms with E-state index >= 15 is 0 Å². The Morgan fingerprint density at radius 3 is 2.86 bits per heavy atom. The first-order valence-electron chi connectivity index (χ1n) is 12.3. The summed E-state index contributed by atoms with van der Waals surface area (Å²) in [5.41, 5.74) is 5.07. The van der Waals surface area contributed by atoms with Gasteiger partial charge in [0.2, 0.25) is 5.56 Å². The average Bonchev–Trinajstić information content (AvgIpc) is 2.91. The van der Waals surface area contributed by atoms with E-state index in [2.05, 4.69) is 68.5 Å². The molecule has 2 aliphatic heterocycles. The number of aromatic amines is 1. The molecule has 6 rings (SSSR count). The van der Waals surface area contributed by atoms with Crippen molar-refractivity contribution in [1.29, 1.82) is 0 Å². The minimum atomic E-state index is -0.0923. The van der Waals surface area contributed by atoms with Crippen LogP contribution in [0.5, 0.6) is 0 Å². The van der Waals surface area contributed by atoms with Gasteiger partial charge in [0.25, 0.3) is 0 Å². The number of fused-ring (bicyclic) bond motifs is 2. The van der Waals surface area contributed by atoms with E-state index in [0.29, 0.717) is 13.2 Å². The molecule has 0 spiro atoms. The molecule has 2 N–H and O–H groups in total. The fraction of sp³-hybridized carbons (Fsp3) is 0.250. The molecule has 37 heavy (non-hydrogen) atoms. The number of H-pyrrole nitrogens is 1. The molecule has 1 fully saturated rings. The number of morpholine rings is 1. The number of anilines is 2. The summed E-state index contributed by atoms with van der Waals surface area (Å²) in [6.45, 7) is 6.07. The van der Waals surface area contributed by atoms with Gasteiger partial charge in [-0.3, -0.25) is 4.79 Å². The van der Waals surface area contributed by atoms with Crippen LogP contribution < -0.4 is 15.8 Å². The minimum absolute atomic E-state index is 0.0401. The summed E-state index contributed by atoms with van der Waals surface area (Å²) in [5.74, 6) is 0. The predicted molar refractivity (Wildman–Crippen MR) is 148 cm³/mol. The summed E-state index contributed by atoms with van der Waals surface area (Å²) >= 11 is 3.61. The topological polar surface area (TPSA) is 83.1 Å². The first-order chi connectivity index (χ1) is 18.0. The fourth-order valence-electron chi connectivity index (χ4n) is 4.79. The van der Waals surface area contributed by atoms with Crippen molar-refractivity contribution in [2.45, 2.75) is 45.5 Å². The number of nitrogens with zero attached hydrogens (tertiary/aromatic N) is 3. The maximum absolute atomic E-state index is 12.0. The van der Waals surface area contributed by atoms with Crippen LogP contribution in [0.1, 0.15) is 36.0 Å². The van der Waals surface area contributed by atoms with Crippen molar-refractivity contribution in [3.8, 4) is 0 Å². The van der Waals surface area contributed by atoms with Crippen LogP contribution in [0.15, 0.2) is 91.5 Å². The Kier molecular flexibility index (Phi) is 6.67. The lowest BCUT2D eigenvalue weighted by Crippen LogP contribution is -2.40. The number of ether oxygens (including phenoxy) is 1. The second kappa shape index (κ2) is 10.2. The summed E-state index contributed by atoms with van der Waals surface area (Å²) in [6.07, 6.45) is 3.33. The van der Waals surface area contributed by atoms with Crippen molar-refractivity contribution in [2.24, 2.45) is 0 Å². The quantitative estimate of drug-likeness (QED) is 0.294. The highest BCUT2D eigenvalue weighted by molar-refractivity contribution is 8.05. The van der Waals surface area contributed by atoms with Crippen LogP contribution in [0.2, 0.25) is 0 Å². The Balaban J connectivity index is 1.27. The van der Waals surface area contributed by atoms with Crippen LogP contribution in [0.25, 0.3) is 0 Å². The third-order valence-corrected chi connectivity index (χ3v) is 9.23. The van der Waals surface area contributed by atoms with Gasteiger partial charge in [-0.2, -0.15) is 0 Å². The van der Waals surface area contributed by atoms with E-state index in [1.807, 2.05) is 30.8 Å². The number of nitrogens with one attached hydrogen (secondary N) is 2. The zero-order valence-corrected chi connectivity index (χ0v) is 22.2. The molecule has 2 unspecified atom stereocenters. The van der Waals surface area contributed by atoms with E-state index in [4.69, 9.17) is 4.74 Å². The van der Waals surface area contributed by atoms with Gasteiger partial charge in [-0.25, -0.2) is 9.97 Å². The molecule has 2 aliphatic rings. The van der Waals surface area contributed by atoms with Gasteiger partial charge in [-0.1, -0.05) is 35.7 Å². The normalized spacial score (nSPS) is 17.6. The molecule has 0 saturated carbocycles. The molecule has 9 heteroatoms. The summed E-state index contributed by atoms with van der Waals surface area (Å²) in [5, 5.41) is 3.59. The summed E-state index contributed by atoms with van der Waals surface area (Å²) < 4.78 is 5.91. The molecule has 1 saturated heterocycles. The van der Waals surface area contributed by atoms with E-state index in [1.54, 1.807) is 30.4 Å². The Morgan fingerprint density at radius 1 is 1.08 bits per heavy atom. The smallest absolute Gasteiger partial charge is 0.249 e. The molecular formula is C28H27N5O2S2. The van der Waals surface area contributed by atoms with Gasteiger partial charge in [0.1, 0.15) is 6.33 Å². The standard InChI is InChI=1S/C28H27N5O2S2/c1-17-12-22(31-16-30-17)18(2)32-19-6-7-24-26(13-19)36-25-5-3-4-21(28(25)37-24)23-15-35-11-10-33(23)20-8-9-29-27(34)14-20/h3-9,12-14,16,18,23,32H,10-11,15H2,1-2H3,(H,29,34). The van der Waals surface area contributed by atoms with Gasteiger partial charge in [-0.15, -0.1) is 0 Å². The highest BCUT2D eigenvalue weighted by Crippen LogP contribution is 2.52. The molecule has 0 amide bonds. The third-order valence-electron chi connectivity index (χ3n) is 6.61. The molecule has 4 aromatic rings. The second-order valence-electron chi connectivity index (χ2n) is 9.19. The largest absolute Gasteiger partial charge is 0.377 e. The Hall–Kier alpha value is -3.27. The number of aromatic nitrogens is 3. The van der Waals surface area contributed by atoms with Crippen molar-refractivity contribution in [2.75, 3.05) is 30.0 Å². The first-order valence-corrected chi connectivity index (χ1v) is 13.9. The third kappa shape index (κ3) is 4.99. The van der Waals surface area contributed by atoms with E-state index in [9.17, 15) is 4.79 Å². The Labute approximate surface area is 224 Å². The number of hydrogen-bond donors (Lipinski definition) is 2. The number of rotatable bonds is 5. The first kappa shape index (κ1) is 24.1. The molecule has 188 valence electrons. The molecule has 2 atom stereocenters. The molecule has 2 aromatic heterocycles. The zero-order chi connectivity index (χ0) is 25.4. The Morgan fingerprint density at radius 2 is 2.00 bits per heavy atom. The lowest BCUT2D eigenvalue weighted by molar-refractivity contribution is 0.0933. The van der Waals surface area contributed by atoms with Crippen LogP contribution in [0.4, 0.5) is 11.4 Å². The SMILES string of the molecule is Cc1cc(C(C)Nc2ccc3c(c2)Sc2cccc(C4COCCN4c4cc[nH]c(=O)c4)c2S3)ncn1. The van der Waals surface area contributed by atoms with Crippen LogP contribution >= 0.6 is 23.5 Å². The average molecular weight is 530 g/mol. The molecule has 2 aromatic carbocycles. The van der Waals surface area contributed by atoms with Gasteiger partial charge < -0.3 is 19.9 Å². The number of aryl methyl sites for hydroxylation is 1. The van der Waals surface area contributed by atoms with Gasteiger partial charge in [0, 0.05) is 55.5 Å². The number of pyridine rings is 1. The summed E-state index contributed by atoms with van der Waals surface area (Å²) in [4.78, 5) is 30.6. The van der Waals surface area contributed by atoms with Crippen LogP contribution in [-0.4, -0.2) is 34.7 Å². The van der Waals surface area contributed by atoms with Crippen molar-refractivity contribution in [3.63, 3.8) is 0 Å². The van der Waals surface area contributed by atoms with Crippen molar-refractivity contribution >= 4 is 34.9 Å². The molecule has 4 heterocycles. The highest BCUT2D eigenvalue weighted by Gasteiger charge is 2.30. The van der Waals surface area contributed by atoms with Crippen molar-refractivity contribution < 1.29 is 4.74 Å². The van der Waals surface area contributed by atoms with Gasteiger partial charge >= 0.3 is 0 Å². The summed E-state index contributed by atoms with van der Waals surface area (Å²) in [6, 6.07) is 18.8. The molecular weight excluding hydrogens is 502 g/mol. The van der Waals surface area contributed by atoms with E-state index < -0.39 is 0 Å². The van der Waals surface area contributed by atoms with Crippen LogP contribution in [0.3, 0.4) is 0 Å². The second-order valence-corrected chi connectivity index (χ2v) is 11.3. The molecule has 0 bridgehead atoms. The fourth-order valence-corrected chi connectivity index (χ4v) is 7.25. The lowest BCUT2D eigenvalue weighted by Gasteiger charge is -2.39. The van der Waals surface area contributed by atoms with Gasteiger partial charge in [-0.05, 0) is 55.8 Å². The molecule has 7 nitrogen and oxygen atoms in total. The molecule has 0 aliphatic carbocycles. The lowest BCUT2D eigenvalue weighted by atomic mass is 10.0. The summed E-state index contributed by atoms with van der Waals surface area (Å²) in [7, 11) is 0. The van der Waals surface area contributed by atoms with Crippen LogP contribution in [0, 0.1) is 6.92 Å². The maximum atomic E-state index is 12.0. The van der Waals surface area contributed by atoms with Crippen molar-refractivity contribution in [1.82, 2.24) is 15.0 Å². The monoisotopic (exact) mass is 529 g/mol. The van der Waals surface area contributed by atoms with Crippen LogP contribution in [-0.2, 0) is 4.74 Å². The maximum Gasteiger partial charge on any atom is 0.249 e. The minimum Gasteiger partial charge on any atom is -0.377 e. The number of benzene rings is 2. The predicted octanol–water partition coefficient (Wildman–Crippen LogP) is 5.84. The highest BCUT2D eigenvalue weighted by atomic mass is 32.2. The molecule has 0 radical (unpaired) electrons. The Bertz CT molecular complexity index is 1510. The van der Waals surface area contributed by atoms with Gasteiger partial charge in [0.15, 0.2) is 0 Å². The van der Waals surface area contributed by atoms with E-state index in [1.165, 1.54) is 25.1 Å². The van der Waals surface area contributed by atoms with E-state index in [0.717, 1.165) is 29.3 Å². The van der Waals surface area contributed by atoms with Crippen molar-refractivity contribution in [3.05, 3.63) is 94.4 Å². The number of hydrogen-bond acceptors (Lipinski definition) is 8.